The van der Waals surface area contributed by atoms with E-state index in [1.165, 1.54) is 0 Å². The van der Waals surface area contributed by atoms with E-state index in [1.54, 1.807) is 25.4 Å². The van der Waals surface area contributed by atoms with Gasteiger partial charge >= 0.3 is 0 Å². The lowest BCUT2D eigenvalue weighted by Crippen LogP contribution is -2.42. The van der Waals surface area contributed by atoms with Crippen LogP contribution in [0.5, 0.6) is 0 Å². The summed E-state index contributed by atoms with van der Waals surface area (Å²) in [6.07, 6.45) is 4.86. The summed E-state index contributed by atoms with van der Waals surface area (Å²) in [6, 6.07) is 7.16. The van der Waals surface area contributed by atoms with Crippen molar-refractivity contribution in [1.29, 1.82) is 0 Å². The van der Waals surface area contributed by atoms with Gasteiger partial charge in [-0.25, -0.2) is 14.4 Å². The minimum atomic E-state index is -0.240. The molecule has 34 heavy (non-hydrogen) atoms. The normalized spacial score (nSPS) is 19.4. The maximum atomic E-state index is 15.2. The van der Waals surface area contributed by atoms with Crippen molar-refractivity contribution in [3.8, 4) is 11.3 Å². The van der Waals surface area contributed by atoms with Gasteiger partial charge in [-0.15, -0.1) is 0 Å². The number of amides is 1. The molecule has 2 fully saturated rings. The molecule has 0 spiro atoms. The molecule has 5 rings (SSSR count). The number of halogens is 1. The molecule has 0 aliphatic carbocycles. The molecule has 0 radical (unpaired) electrons. The number of fused-ring (bicyclic) bond motifs is 1. The average Bonchev–Trinajstić information content (AvgIpc) is 2.87. The first-order chi connectivity index (χ1) is 16.6. The average molecular weight is 465 g/mol. The number of carbonyl (C=O) groups excluding carboxylic acids is 1. The Hall–Kier alpha value is -3.17. The molecule has 178 valence electrons. The quantitative estimate of drug-likeness (QED) is 0.600. The van der Waals surface area contributed by atoms with E-state index in [1.807, 2.05) is 23.1 Å². The Morgan fingerprint density at radius 2 is 2.06 bits per heavy atom. The number of carbonyl (C=O) groups is 1. The van der Waals surface area contributed by atoms with E-state index < -0.39 is 0 Å². The molecule has 1 aromatic carbocycles. The maximum absolute atomic E-state index is 15.2. The SMILES string of the molecule is CC(=O)N1CCC(c2ccc(-c3cc4nccnc4c(NC[C@@H]4CNCCO4)n3)cc2F)CC1. The topological polar surface area (TPSA) is 92.3 Å². The van der Waals surface area contributed by atoms with Crippen LogP contribution in [0.25, 0.3) is 22.3 Å². The molecule has 0 unspecified atom stereocenters. The maximum Gasteiger partial charge on any atom is 0.219 e. The van der Waals surface area contributed by atoms with Crippen LogP contribution >= 0.6 is 0 Å². The summed E-state index contributed by atoms with van der Waals surface area (Å²) in [5.41, 5.74) is 3.39. The standard InChI is InChI=1S/C25H29FN6O2/c1-16(33)32-9-4-17(5-10-32)20-3-2-18(12-21(20)26)22-13-23-24(29-7-6-28-23)25(31-22)30-15-19-14-27-8-11-34-19/h2-3,6-7,12-13,17,19,27H,4-5,8-11,14-15H2,1H3,(H,30,31)/t19-/m0/s1. The number of benzene rings is 1. The van der Waals surface area contributed by atoms with Crippen molar-refractivity contribution in [2.24, 2.45) is 0 Å². The van der Waals surface area contributed by atoms with E-state index in [4.69, 9.17) is 9.72 Å². The second-order valence-electron chi connectivity index (χ2n) is 8.87. The predicted molar refractivity (Wildman–Crippen MR) is 128 cm³/mol. The Kier molecular flexibility index (Phi) is 6.64. The Bertz CT molecular complexity index is 1180. The highest BCUT2D eigenvalue weighted by atomic mass is 19.1. The zero-order valence-corrected chi connectivity index (χ0v) is 19.3. The minimum absolute atomic E-state index is 0.0390. The number of nitrogens with one attached hydrogen (secondary N) is 2. The molecule has 9 heteroatoms. The molecular weight excluding hydrogens is 435 g/mol. The Morgan fingerprint density at radius 1 is 1.24 bits per heavy atom. The molecule has 2 aliphatic heterocycles. The van der Waals surface area contributed by atoms with Crippen molar-refractivity contribution in [2.75, 3.05) is 44.6 Å². The van der Waals surface area contributed by atoms with Gasteiger partial charge in [0.1, 0.15) is 11.3 Å². The van der Waals surface area contributed by atoms with E-state index >= 15 is 4.39 Å². The van der Waals surface area contributed by atoms with Crippen LogP contribution in [0.2, 0.25) is 0 Å². The van der Waals surface area contributed by atoms with Crippen molar-refractivity contribution in [2.45, 2.75) is 31.8 Å². The monoisotopic (exact) mass is 464 g/mol. The number of pyridine rings is 1. The van der Waals surface area contributed by atoms with Crippen molar-refractivity contribution in [3.05, 3.63) is 48.0 Å². The third kappa shape index (κ3) is 4.85. The smallest absolute Gasteiger partial charge is 0.219 e. The number of morpholine rings is 1. The lowest BCUT2D eigenvalue weighted by atomic mass is 9.88. The fourth-order valence-corrected chi connectivity index (χ4v) is 4.73. The van der Waals surface area contributed by atoms with Gasteiger partial charge in [0.05, 0.1) is 23.9 Å². The Morgan fingerprint density at radius 3 is 2.79 bits per heavy atom. The van der Waals surface area contributed by atoms with Crippen molar-refractivity contribution >= 4 is 22.8 Å². The highest BCUT2D eigenvalue weighted by Gasteiger charge is 2.24. The first-order valence-corrected chi connectivity index (χ1v) is 11.8. The molecule has 2 aliphatic rings. The van der Waals surface area contributed by atoms with Crippen LogP contribution in [0.4, 0.5) is 10.2 Å². The van der Waals surface area contributed by atoms with Crippen LogP contribution in [0.3, 0.4) is 0 Å². The van der Waals surface area contributed by atoms with Gasteiger partial charge < -0.3 is 20.3 Å². The zero-order chi connectivity index (χ0) is 23.5. The third-order valence-corrected chi connectivity index (χ3v) is 6.63. The van der Waals surface area contributed by atoms with E-state index in [-0.39, 0.29) is 23.7 Å². The first kappa shape index (κ1) is 22.6. The van der Waals surface area contributed by atoms with Crippen LogP contribution in [-0.4, -0.2) is 71.2 Å². The molecule has 3 aromatic rings. The van der Waals surface area contributed by atoms with Crippen LogP contribution in [0, 0.1) is 5.82 Å². The van der Waals surface area contributed by atoms with Gasteiger partial charge in [0.15, 0.2) is 5.82 Å². The van der Waals surface area contributed by atoms with Gasteiger partial charge in [0, 0.05) is 57.6 Å². The largest absolute Gasteiger partial charge is 0.374 e. The molecule has 4 heterocycles. The zero-order valence-electron chi connectivity index (χ0n) is 19.3. The van der Waals surface area contributed by atoms with E-state index in [2.05, 4.69) is 20.6 Å². The highest BCUT2D eigenvalue weighted by molar-refractivity contribution is 5.88. The second kappa shape index (κ2) is 9.99. The summed E-state index contributed by atoms with van der Waals surface area (Å²) in [4.78, 5) is 27.1. The molecule has 0 saturated carbocycles. The van der Waals surface area contributed by atoms with Gasteiger partial charge in [-0.05, 0) is 36.5 Å². The number of hydrogen-bond acceptors (Lipinski definition) is 7. The van der Waals surface area contributed by atoms with E-state index in [0.717, 1.165) is 25.9 Å². The number of rotatable bonds is 5. The van der Waals surface area contributed by atoms with Gasteiger partial charge in [-0.3, -0.25) is 9.78 Å². The van der Waals surface area contributed by atoms with Gasteiger partial charge in [0.2, 0.25) is 5.91 Å². The van der Waals surface area contributed by atoms with Crippen LogP contribution in [0.15, 0.2) is 36.7 Å². The lowest BCUT2D eigenvalue weighted by Gasteiger charge is -2.31. The molecule has 0 bridgehead atoms. The molecular formula is C25H29FN6O2. The molecule has 8 nitrogen and oxygen atoms in total. The van der Waals surface area contributed by atoms with Crippen molar-refractivity contribution in [3.63, 3.8) is 0 Å². The van der Waals surface area contributed by atoms with E-state index in [9.17, 15) is 4.79 Å². The Labute approximate surface area is 197 Å². The summed E-state index contributed by atoms with van der Waals surface area (Å²) in [6.45, 7) is 5.81. The highest BCUT2D eigenvalue weighted by Crippen LogP contribution is 2.33. The first-order valence-electron chi connectivity index (χ1n) is 11.8. The van der Waals surface area contributed by atoms with E-state index in [0.29, 0.717) is 59.9 Å². The second-order valence-corrected chi connectivity index (χ2v) is 8.87. The van der Waals surface area contributed by atoms with Crippen LogP contribution in [-0.2, 0) is 9.53 Å². The summed E-state index contributed by atoms with van der Waals surface area (Å²) < 4.78 is 21.0. The fourth-order valence-electron chi connectivity index (χ4n) is 4.73. The number of piperidine rings is 1. The van der Waals surface area contributed by atoms with Crippen molar-refractivity contribution in [1.82, 2.24) is 25.2 Å². The third-order valence-electron chi connectivity index (χ3n) is 6.63. The summed E-state index contributed by atoms with van der Waals surface area (Å²) >= 11 is 0. The van der Waals surface area contributed by atoms with Gasteiger partial charge in [0.25, 0.3) is 0 Å². The predicted octanol–water partition coefficient (Wildman–Crippen LogP) is 2.96. The number of nitrogens with zero attached hydrogens (tertiary/aromatic N) is 4. The molecule has 2 aromatic heterocycles. The van der Waals surface area contributed by atoms with Crippen molar-refractivity contribution < 1.29 is 13.9 Å². The summed E-state index contributed by atoms with van der Waals surface area (Å²) in [7, 11) is 0. The van der Waals surface area contributed by atoms with Crippen LogP contribution in [0.1, 0.15) is 31.2 Å². The molecule has 2 N–H and O–H groups in total. The molecule has 1 atom stereocenters. The number of likely N-dealkylation sites (tertiary alicyclic amines) is 1. The van der Waals surface area contributed by atoms with Crippen LogP contribution < -0.4 is 10.6 Å². The Balaban J connectivity index is 1.39. The number of ether oxygens (including phenoxy) is 1. The molecule has 2 saturated heterocycles. The van der Waals surface area contributed by atoms with Gasteiger partial charge in [-0.1, -0.05) is 12.1 Å². The van der Waals surface area contributed by atoms with Gasteiger partial charge in [-0.2, -0.15) is 0 Å². The number of hydrogen-bond donors (Lipinski definition) is 2. The number of aromatic nitrogens is 3. The number of anilines is 1. The summed E-state index contributed by atoms with van der Waals surface area (Å²) in [5, 5.41) is 6.67. The molecule has 1 amide bonds. The minimum Gasteiger partial charge on any atom is -0.374 e. The summed E-state index contributed by atoms with van der Waals surface area (Å²) in [5.74, 6) is 0.559. The fraction of sp³-hybridized carbons (Fsp3) is 0.440. The lowest BCUT2D eigenvalue weighted by molar-refractivity contribution is -0.129.